The molecule has 6 heteroatoms. The Bertz CT molecular complexity index is 516. The topological polar surface area (TPSA) is 67.4 Å². The molecule has 0 aliphatic carbocycles. The van der Waals surface area contributed by atoms with Crippen LogP contribution in [0.2, 0.25) is 0 Å². The molecule has 23 heavy (non-hydrogen) atoms. The first-order valence-corrected chi connectivity index (χ1v) is 7.79. The highest BCUT2D eigenvalue weighted by Crippen LogP contribution is 2.23. The number of hydrogen-bond acceptors (Lipinski definition) is 4. The van der Waals surface area contributed by atoms with Crippen LogP contribution in [0.5, 0.6) is 0 Å². The van der Waals surface area contributed by atoms with Gasteiger partial charge in [0, 0.05) is 6.42 Å². The van der Waals surface area contributed by atoms with E-state index < -0.39 is 17.6 Å². The van der Waals surface area contributed by atoms with E-state index in [1.165, 1.54) is 7.11 Å². The number of carbonyl (C=O) groups is 2. The number of esters is 1. The van der Waals surface area contributed by atoms with Crippen LogP contribution in [-0.4, -0.2) is 37.1 Å². The Kier molecular flexibility index (Phi) is 7.52. The third-order valence-electron chi connectivity index (χ3n) is 4.36. The Balaban J connectivity index is 0.00000264. The summed E-state index contributed by atoms with van der Waals surface area (Å²) in [5.74, 6) is -0.528. The van der Waals surface area contributed by atoms with E-state index in [0.29, 0.717) is 12.8 Å². The maximum absolute atomic E-state index is 12.6. The molecular formula is C17H25ClN2O3. The first-order valence-electron chi connectivity index (χ1n) is 7.79. The second-order valence-electron chi connectivity index (χ2n) is 5.70. The van der Waals surface area contributed by atoms with E-state index in [2.05, 4.69) is 10.6 Å². The SMILES string of the molecule is CCC1(C(=O)NC(Cc2ccccc2)C(=O)OC)CCCN1.Cl. The monoisotopic (exact) mass is 340 g/mol. The van der Waals surface area contributed by atoms with Crippen LogP contribution in [0, 0.1) is 0 Å². The van der Waals surface area contributed by atoms with Gasteiger partial charge in [0.05, 0.1) is 12.6 Å². The summed E-state index contributed by atoms with van der Waals surface area (Å²) in [5, 5.41) is 6.16. The van der Waals surface area contributed by atoms with Gasteiger partial charge in [-0.05, 0) is 31.4 Å². The lowest BCUT2D eigenvalue weighted by Gasteiger charge is -2.29. The van der Waals surface area contributed by atoms with Crippen molar-refractivity contribution in [3.8, 4) is 0 Å². The van der Waals surface area contributed by atoms with Crippen molar-refractivity contribution in [3.05, 3.63) is 35.9 Å². The molecular weight excluding hydrogens is 316 g/mol. The second-order valence-corrected chi connectivity index (χ2v) is 5.70. The molecule has 1 saturated heterocycles. The lowest BCUT2D eigenvalue weighted by molar-refractivity contribution is -0.145. The molecule has 128 valence electrons. The van der Waals surface area contributed by atoms with Crippen LogP contribution >= 0.6 is 12.4 Å². The molecule has 2 atom stereocenters. The summed E-state index contributed by atoms with van der Waals surface area (Å²) in [5.41, 5.74) is 0.436. The van der Waals surface area contributed by atoms with Crippen LogP contribution in [0.4, 0.5) is 0 Å². The molecule has 0 aromatic heterocycles. The molecule has 1 aromatic rings. The van der Waals surface area contributed by atoms with Crippen molar-refractivity contribution in [1.82, 2.24) is 10.6 Å². The molecule has 5 nitrogen and oxygen atoms in total. The second kappa shape index (κ2) is 8.89. The number of rotatable bonds is 6. The van der Waals surface area contributed by atoms with Gasteiger partial charge in [-0.25, -0.2) is 4.79 Å². The van der Waals surface area contributed by atoms with Crippen molar-refractivity contribution in [1.29, 1.82) is 0 Å². The zero-order valence-corrected chi connectivity index (χ0v) is 14.4. The van der Waals surface area contributed by atoms with Gasteiger partial charge in [-0.15, -0.1) is 12.4 Å². The summed E-state index contributed by atoms with van der Waals surface area (Å²) in [4.78, 5) is 24.6. The smallest absolute Gasteiger partial charge is 0.328 e. The average Bonchev–Trinajstić information content (AvgIpc) is 3.04. The van der Waals surface area contributed by atoms with Crippen LogP contribution in [0.25, 0.3) is 0 Å². The number of methoxy groups -OCH3 is 1. The first-order chi connectivity index (χ1) is 10.6. The van der Waals surface area contributed by atoms with Gasteiger partial charge in [0.15, 0.2) is 0 Å². The highest BCUT2D eigenvalue weighted by molar-refractivity contribution is 5.91. The fourth-order valence-electron chi connectivity index (χ4n) is 2.94. The lowest BCUT2D eigenvalue weighted by Crippen LogP contribution is -2.57. The van der Waals surface area contributed by atoms with Crippen molar-refractivity contribution in [2.75, 3.05) is 13.7 Å². The fourth-order valence-corrected chi connectivity index (χ4v) is 2.94. The number of nitrogens with one attached hydrogen (secondary N) is 2. The summed E-state index contributed by atoms with van der Waals surface area (Å²) in [6.45, 7) is 2.82. The van der Waals surface area contributed by atoms with Gasteiger partial charge in [-0.3, -0.25) is 4.79 Å². The number of ether oxygens (including phenoxy) is 1. The van der Waals surface area contributed by atoms with Gasteiger partial charge < -0.3 is 15.4 Å². The molecule has 1 fully saturated rings. The van der Waals surface area contributed by atoms with Crippen molar-refractivity contribution in [3.63, 3.8) is 0 Å². The van der Waals surface area contributed by atoms with Gasteiger partial charge in [0.2, 0.25) is 5.91 Å². The lowest BCUT2D eigenvalue weighted by atomic mass is 9.92. The standard InChI is InChI=1S/C17H24N2O3.ClH/c1-3-17(10-7-11-18-17)16(21)19-14(15(20)22-2)12-13-8-5-4-6-9-13;/h4-6,8-9,14,18H,3,7,10-12H2,1-2H3,(H,19,21);1H. The van der Waals surface area contributed by atoms with E-state index >= 15 is 0 Å². The van der Waals surface area contributed by atoms with Crippen LogP contribution < -0.4 is 10.6 Å². The van der Waals surface area contributed by atoms with E-state index in [9.17, 15) is 9.59 Å². The average molecular weight is 341 g/mol. The minimum atomic E-state index is -0.661. The van der Waals surface area contributed by atoms with Crippen molar-refractivity contribution in [2.45, 2.75) is 44.2 Å². The van der Waals surface area contributed by atoms with Crippen LogP contribution in [0.1, 0.15) is 31.7 Å². The zero-order chi connectivity index (χ0) is 16.0. The molecule has 2 N–H and O–H groups in total. The quantitative estimate of drug-likeness (QED) is 0.775. The van der Waals surface area contributed by atoms with Gasteiger partial charge in [-0.2, -0.15) is 0 Å². The summed E-state index contributed by atoms with van der Waals surface area (Å²) in [6.07, 6.45) is 2.91. The third kappa shape index (κ3) is 4.69. The maximum Gasteiger partial charge on any atom is 0.328 e. The highest BCUT2D eigenvalue weighted by atomic mass is 35.5. The number of halogens is 1. The predicted octanol–water partition coefficient (Wildman–Crippen LogP) is 1.84. The molecule has 1 aliphatic heterocycles. The summed E-state index contributed by atoms with van der Waals surface area (Å²) in [7, 11) is 1.34. The molecule has 2 unspecified atom stereocenters. The maximum atomic E-state index is 12.6. The van der Waals surface area contributed by atoms with E-state index in [1.807, 2.05) is 37.3 Å². The van der Waals surface area contributed by atoms with Crippen LogP contribution in [-0.2, 0) is 20.7 Å². The zero-order valence-electron chi connectivity index (χ0n) is 13.6. The number of benzene rings is 1. The van der Waals surface area contributed by atoms with E-state index in [-0.39, 0.29) is 18.3 Å². The van der Waals surface area contributed by atoms with Gasteiger partial charge in [-0.1, -0.05) is 37.3 Å². The minimum absolute atomic E-state index is 0. The summed E-state index contributed by atoms with van der Waals surface area (Å²) in [6, 6.07) is 8.96. The van der Waals surface area contributed by atoms with Gasteiger partial charge >= 0.3 is 5.97 Å². The molecule has 0 saturated carbocycles. The number of hydrogen-bond donors (Lipinski definition) is 2. The Labute approximate surface area is 143 Å². The van der Waals surface area contributed by atoms with Crippen LogP contribution in [0.15, 0.2) is 30.3 Å². The van der Waals surface area contributed by atoms with E-state index in [1.54, 1.807) is 0 Å². The molecule has 1 heterocycles. The third-order valence-corrected chi connectivity index (χ3v) is 4.36. The van der Waals surface area contributed by atoms with Crippen molar-refractivity contribution < 1.29 is 14.3 Å². The molecule has 1 aromatic carbocycles. The molecule has 0 radical (unpaired) electrons. The Morgan fingerprint density at radius 1 is 1.35 bits per heavy atom. The largest absolute Gasteiger partial charge is 0.467 e. The van der Waals surface area contributed by atoms with E-state index in [4.69, 9.17) is 4.74 Å². The number of amides is 1. The van der Waals surface area contributed by atoms with Crippen molar-refractivity contribution in [2.24, 2.45) is 0 Å². The first kappa shape index (κ1) is 19.5. The Hall–Kier alpha value is -1.59. The molecule has 0 bridgehead atoms. The molecule has 1 amide bonds. The fraction of sp³-hybridized carbons (Fsp3) is 0.529. The predicted molar refractivity (Wildman–Crippen MR) is 91.6 cm³/mol. The highest BCUT2D eigenvalue weighted by Gasteiger charge is 2.40. The summed E-state index contributed by atoms with van der Waals surface area (Å²) >= 11 is 0. The molecule has 1 aliphatic rings. The molecule has 2 rings (SSSR count). The van der Waals surface area contributed by atoms with Crippen LogP contribution in [0.3, 0.4) is 0 Å². The Morgan fingerprint density at radius 3 is 2.57 bits per heavy atom. The van der Waals surface area contributed by atoms with Crippen molar-refractivity contribution >= 4 is 24.3 Å². The number of carbonyl (C=O) groups excluding carboxylic acids is 2. The minimum Gasteiger partial charge on any atom is -0.467 e. The summed E-state index contributed by atoms with van der Waals surface area (Å²) < 4.78 is 4.84. The Morgan fingerprint density at radius 2 is 2.04 bits per heavy atom. The normalized spacial score (nSPS) is 21.1. The van der Waals surface area contributed by atoms with Gasteiger partial charge in [0.1, 0.15) is 6.04 Å². The van der Waals surface area contributed by atoms with E-state index in [0.717, 1.165) is 24.9 Å². The molecule has 0 spiro atoms. The van der Waals surface area contributed by atoms with Gasteiger partial charge in [0.25, 0.3) is 0 Å².